The van der Waals surface area contributed by atoms with E-state index in [4.69, 9.17) is 21.8 Å². The molecule has 0 radical (unpaired) electrons. The first-order chi connectivity index (χ1) is 7.24. The monoisotopic (exact) mass is 246 g/mol. The van der Waals surface area contributed by atoms with Crippen LogP contribution in [-0.4, -0.2) is 16.2 Å². The van der Waals surface area contributed by atoms with Gasteiger partial charge in [-0.25, -0.2) is 4.39 Å². The molecule has 0 saturated carbocycles. The van der Waals surface area contributed by atoms with Crippen LogP contribution < -0.4 is 0 Å². The smallest absolute Gasteiger partial charge is 0.309 e. The molecule has 0 saturated heterocycles. The Balaban J connectivity index is 3.04. The summed E-state index contributed by atoms with van der Waals surface area (Å²) >= 11 is 5.59. The van der Waals surface area contributed by atoms with Crippen molar-refractivity contribution in [1.82, 2.24) is 0 Å². The fourth-order valence-corrected chi connectivity index (χ4v) is 1.54. The molecule has 16 heavy (non-hydrogen) atoms. The number of benzene rings is 1. The maximum atomic E-state index is 13.1. The summed E-state index contributed by atoms with van der Waals surface area (Å²) in [6.07, 6.45) is 0.138. The Bertz CT molecular complexity index is 406. The van der Waals surface area contributed by atoms with Gasteiger partial charge < -0.3 is 10.2 Å². The first-order valence-electron chi connectivity index (χ1n) is 4.64. The van der Waals surface area contributed by atoms with E-state index in [-0.39, 0.29) is 11.4 Å². The van der Waals surface area contributed by atoms with Crippen LogP contribution >= 0.6 is 11.6 Å². The number of rotatable bonds is 3. The molecule has 5 heteroatoms. The van der Waals surface area contributed by atoms with Gasteiger partial charge in [-0.1, -0.05) is 11.6 Å². The number of hydrogen-bond donors (Lipinski definition) is 2. The maximum absolute atomic E-state index is 13.1. The van der Waals surface area contributed by atoms with Crippen molar-refractivity contribution in [2.45, 2.75) is 20.3 Å². The highest BCUT2D eigenvalue weighted by Gasteiger charge is 2.28. The minimum Gasteiger partial charge on any atom is -0.504 e. The second-order valence-electron chi connectivity index (χ2n) is 4.27. The average molecular weight is 247 g/mol. The Morgan fingerprint density at radius 3 is 2.50 bits per heavy atom. The van der Waals surface area contributed by atoms with Crippen molar-refractivity contribution in [3.05, 3.63) is 28.5 Å². The van der Waals surface area contributed by atoms with E-state index in [2.05, 4.69) is 0 Å². The number of carboxylic acid groups (broad SMARTS) is 1. The van der Waals surface area contributed by atoms with Crippen LogP contribution in [0.4, 0.5) is 4.39 Å². The van der Waals surface area contributed by atoms with Crippen molar-refractivity contribution in [2.75, 3.05) is 0 Å². The van der Waals surface area contributed by atoms with Crippen LogP contribution in [-0.2, 0) is 11.2 Å². The lowest BCUT2D eigenvalue weighted by Crippen LogP contribution is -2.26. The van der Waals surface area contributed by atoms with Gasteiger partial charge in [0.15, 0.2) is 11.6 Å². The number of hydrogen-bond acceptors (Lipinski definition) is 2. The van der Waals surface area contributed by atoms with E-state index in [1.807, 2.05) is 0 Å². The van der Waals surface area contributed by atoms with Crippen molar-refractivity contribution in [3.8, 4) is 5.75 Å². The van der Waals surface area contributed by atoms with E-state index in [9.17, 15) is 9.18 Å². The maximum Gasteiger partial charge on any atom is 0.309 e. The minimum absolute atomic E-state index is 0.115. The Labute approximate surface area is 97.5 Å². The summed E-state index contributed by atoms with van der Waals surface area (Å²) in [7, 11) is 0. The van der Waals surface area contributed by atoms with Gasteiger partial charge in [0.1, 0.15) is 0 Å². The van der Waals surface area contributed by atoms with E-state index in [1.165, 1.54) is 19.9 Å². The SMILES string of the molecule is CC(C)(Cc1cc(F)c(O)c(Cl)c1)C(=O)O. The molecule has 1 rings (SSSR count). The minimum atomic E-state index is -1.01. The molecule has 0 amide bonds. The third-order valence-electron chi connectivity index (χ3n) is 2.30. The van der Waals surface area contributed by atoms with E-state index < -0.39 is 23.0 Å². The molecule has 1 aromatic rings. The third kappa shape index (κ3) is 2.64. The Morgan fingerprint density at radius 2 is 2.06 bits per heavy atom. The molecule has 0 fully saturated rings. The fourth-order valence-electron chi connectivity index (χ4n) is 1.31. The van der Waals surface area contributed by atoms with Crippen molar-refractivity contribution in [2.24, 2.45) is 5.41 Å². The van der Waals surface area contributed by atoms with Gasteiger partial charge in [-0.2, -0.15) is 0 Å². The molecule has 1 aromatic carbocycles. The topological polar surface area (TPSA) is 57.5 Å². The van der Waals surface area contributed by atoms with Gasteiger partial charge in [0, 0.05) is 0 Å². The average Bonchev–Trinajstić information content (AvgIpc) is 2.13. The van der Waals surface area contributed by atoms with Crippen LogP contribution in [0.5, 0.6) is 5.75 Å². The Morgan fingerprint density at radius 1 is 1.50 bits per heavy atom. The summed E-state index contributed by atoms with van der Waals surface area (Å²) in [5, 5.41) is 17.9. The molecule has 0 heterocycles. The summed E-state index contributed by atoms with van der Waals surface area (Å²) < 4.78 is 13.1. The molecule has 0 unspecified atom stereocenters. The van der Waals surface area contributed by atoms with Crippen molar-refractivity contribution < 1.29 is 19.4 Å². The van der Waals surface area contributed by atoms with Crippen LogP contribution in [0.25, 0.3) is 0 Å². The molecule has 0 aliphatic rings. The second kappa shape index (κ2) is 4.29. The van der Waals surface area contributed by atoms with Gasteiger partial charge in [-0.15, -0.1) is 0 Å². The van der Waals surface area contributed by atoms with Gasteiger partial charge >= 0.3 is 5.97 Å². The summed E-state index contributed by atoms with van der Waals surface area (Å²) in [6, 6.07) is 2.45. The van der Waals surface area contributed by atoms with Crippen molar-refractivity contribution in [1.29, 1.82) is 0 Å². The lowest BCUT2D eigenvalue weighted by Gasteiger charge is -2.19. The number of carboxylic acids is 1. The largest absolute Gasteiger partial charge is 0.504 e. The van der Waals surface area contributed by atoms with E-state index in [1.54, 1.807) is 0 Å². The molecule has 88 valence electrons. The zero-order chi connectivity index (χ0) is 12.5. The quantitative estimate of drug-likeness (QED) is 0.862. The van der Waals surface area contributed by atoms with Crippen molar-refractivity contribution in [3.63, 3.8) is 0 Å². The van der Waals surface area contributed by atoms with Gasteiger partial charge in [0.2, 0.25) is 0 Å². The highest BCUT2D eigenvalue weighted by molar-refractivity contribution is 6.32. The van der Waals surface area contributed by atoms with Crippen LogP contribution in [0.15, 0.2) is 12.1 Å². The first-order valence-corrected chi connectivity index (χ1v) is 5.02. The zero-order valence-corrected chi connectivity index (χ0v) is 9.68. The summed E-state index contributed by atoms with van der Waals surface area (Å²) in [4.78, 5) is 10.9. The number of phenols is 1. The molecule has 0 spiro atoms. The van der Waals surface area contributed by atoms with Gasteiger partial charge in [0.05, 0.1) is 10.4 Å². The first kappa shape index (κ1) is 12.8. The van der Waals surface area contributed by atoms with E-state index in [0.29, 0.717) is 5.56 Å². The summed E-state index contributed by atoms with van der Waals surface area (Å²) in [5.41, 5.74) is -0.570. The molecule has 0 aromatic heterocycles. The molecule has 0 aliphatic carbocycles. The van der Waals surface area contributed by atoms with Crippen LogP contribution in [0, 0.1) is 11.2 Å². The van der Waals surface area contributed by atoms with Crippen LogP contribution in [0.1, 0.15) is 19.4 Å². The van der Waals surface area contributed by atoms with Crippen LogP contribution in [0.3, 0.4) is 0 Å². The van der Waals surface area contributed by atoms with Crippen molar-refractivity contribution >= 4 is 17.6 Å². The molecule has 0 bridgehead atoms. The summed E-state index contributed by atoms with van der Waals surface area (Å²) in [5.74, 6) is -2.43. The molecule has 0 aliphatic heterocycles. The predicted molar refractivity (Wildman–Crippen MR) is 58.2 cm³/mol. The number of carbonyl (C=O) groups is 1. The standard InChI is InChI=1S/C11H12ClFO3/c1-11(2,10(15)16)5-6-3-7(12)9(14)8(13)4-6/h3-4,14H,5H2,1-2H3,(H,15,16). The Hall–Kier alpha value is -1.29. The second-order valence-corrected chi connectivity index (χ2v) is 4.68. The summed E-state index contributed by atoms with van der Waals surface area (Å²) in [6.45, 7) is 3.07. The third-order valence-corrected chi connectivity index (χ3v) is 2.59. The predicted octanol–water partition coefficient (Wildman–Crippen LogP) is 2.84. The number of aliphatic carboxylic acids is 1. The lowest BCUT2D eigenvalue weighted by molar-refractivity contribution is -0.146. The molecular formula is C11H12ClFO3. The van der Waals surface area contributed by atoms with E-state index in [0.717, 1.165) is 6.07 Å². The molecular weight excluding hydrogens is 235 g/mol. The Kier molecular flexibility index (Phi) is 3.43. The van der Waals surface area contributed by atoms with Gasteiger partial charge in [0.25, 0.3) is 0 Å². The molecule has 0 atom stereocenters. The highest BCUT2D eigenvalue weighted by atomic mass is 35.5. The van der Waals surface area contributed by atoms with Gasteiger partial charge in [-0.05, 0) is 38.0 Å². The van der Waals surface area contributed by atoms with Crippen LogP contribution in [0.2, 0.25) is 5.02 Å². The highest BCUT2D eigenvalue weighted by Crippen LogP contribution is 2.30. The lowest BCUT2D eigenvalue weighted by atomic mass is 9.86. The van der Waals surface area contributed by atoms with E-state index >= 15 is 0 Å². The number of halogens is 2. The fraction of sp³-hybridized carbons (Fsp3) is 0.364. The molecule has 3 nitrogen and oxygen atoms in total. The van der Waals surface area contributed by atoms with Gasteiger partial charge in [-0.3, -0.25) is 4.79 Å². The number of aromatic hydroxyl groups is 1. The normalized spacial score (nSPS) is 11.5. The molecule has 2 N–H and O–H groups in total. The number of phenolic OH excluding ortho intramolecular Hbond substituents is 1. The zero-order valence-electron chi connectivity index (χ0n) is 8.92.